The van der Waals surface area contributed by atoms with Gasteiger partial charge in [-0.05, 0) is 0 Å². The number of hydrogen-bond acceptors (Lipinski definition) is 4. The first-order valence-electron chi connectivity index (χ1n) is 4.31. The Morgan fingerprint density at radius 3 is 2.86 bits per heavy atom. The van der Waals surface area contributed by atoms with E-state index in [0.29, 0.717) is 5.82 Å². The minimum absolute atomic E-state index is 0.176. The predicted octanol–water partition coefficient (Wildman–Crippen LogP) is -0.0213. The largest absolute Gasteiger partial charge is 0.480 e. The maximum absolute atomic E-state index is 10.2. The van der Waals surface area contributed by atoms with Crippen LogP contribution in [0.3, 0.4) is 0 Å². The van der Waals surface area contributed by atoms with E-state index in [1.165, 1.54) is 0 Å². The molecule has 1 heterocycles. The minimum atomic E-state index is -0.983. The smallest absolute Gasteiger partial charge is 0.329 e. The Hall–Kier alpha value is -1.43. The van der Waals surface area contributed by atoms with Crippen molar-refractivity contribution in [1.82, 2.24) is 14.8 Å². The molecule has 0 spiro atoms. The zero-order valence-electron chi connectivity index (χ0n) is 8.23. The zero-order valence-corrected chi connectivity index (χ0v) is 8.23. The molecule has 0 aromatic carbocycles. The fourth-order valence-corrected chi connectivity index (χ4v) is 0.980. The van der Waals surface area contributed by atoms with Gasteiger partial charge in [-0.25, -0.2) is 9.78 Å². The summed E-state index contributed by atoms with van der Waals surface area (Å²) in [6.45, 7) is 1.82. The number of ether oxygens (including phenoxy) is 1. The van der Waals surface area contributed by atoms with Gasteiger partial charge in [0.2, 0.25) is 0 Å². The summed E-state index contributed by atoms with van der Waals surface area (Å²) in [5.41, 5.74) is 0. The highest BCUT2D eigenvalue weighted by Crippen LogP contribution is 1.99. The van der Waals surface area contributed by atoms with E-state index in [2.05, 4.69) is 10.1 Å². The Kier molecular flexibility index (Phi) is 3.58. The highest BCUT2D eigenvalue weighted by molar-refractivity contribution is 5.67. The molecule has 0 saturated heterocycles. The third-order valence-corrected chi connectivity index (χ3v) is 1.67. The first-order valence-corrected chi connectivity index (χ1v) is 4.31. The molecule has 14 heavy (non-hydrogen) atoms. The fraction of sp³-hybridized carbons (Fsp3) is 0.625. The van der Waals surface area contributed by atoms with Gasteiger partial charge in [0.25, 0.3) is 0 Å². The molecule has 1 aromatic heterocycles. The van der Waals surface area contributed by atoms with Crippen LogP contribution in [0, 0.1) is 0 Å². The van der Waals surface area contributed by atoms with Crippen LogP contribution in [-0.4, -0.2) is 32.4 Å². The number of hydrogen-bond donors (Lipinski definition) is 1. The molecule has 0 aliphatic carbocycles. The average Bonchev–Trinajstić information content (AvgIpc) is 2.47. The van der Waals surface area contributed by atoms with E-state index in [1.54, 1.807) is 11.7 Å². The molecule has 0 unspecified atom stereocenters. The van der Waals surface area contributed by atoms with E-state index >= 15 is 0 Å². The van der Waals surface area contributed by atoms with E-state index in [1.807, 2.05) is 6.92 Å². The van der Waals surface area contributed by atoms with Crippen LogP contribution in [0.2, 0.25) is 0 Å². The number of aliphatic carboxylic acids is 1. The summed E-state index contributed by atoms with van der Waals surface area (Å²) in [4.78, 5) is 14.3. The Bertz CT molecular complexity index is 322. The van der Waals surface area contributed by atoms with Crippen molar-refractivity contribution < 1.29 is 14.6 Å². The van der Waals surface area contributed by atoms with Gasteiger partial charge in [0.15, 0.2) is 11.6 Å². The molecule has 0 radical (unpaired) electrons. The van der Waals surface area contributed by atoms with Crippen molar-refractivity contribution in [2.24, 2.45) is 7.05 Å². The molecule has 1 rings (SSSR count). The molecule has 0 aliphatic heterocycles. The second kappa shape index (κ2) is 4.71. The molecule has 1 N–H and O–H groups in total. The lowest BCUT2D eigenvalue weighted by Gasteiger charge is -1.99. The van der Waals surface area contributed by atoms with Gasteiger partial charge in [-0.15, -0.1) is 0 Å². The lowest BCUT2D eigenvalue weighted by molar-refractivity contribution is -0.142. The number of carboxylic acids is 1. The van der Waals surface area contributed by atoms with E-state index in [0.717, 1.165) is 12.2 Å². The molecule has 0 amide bonds. The normalized spacial score (nSPS) is 10.4. The molecule has 0 atom stereocenters. The average molecular weight is 199 g/mol. The first kappa shape index (κ1) is 10.6. The van der Waals surface area contributed by atoms with Gasteiger partial charge in [-0.3, -0.25) is 4.68 Å². The maximum Gasteiger partial charge on any atom is 0.329 e. The van der Waals surface area contributed by atoms with Gasteiger partial charge < -0.3 is 9.84 Å². The van der Waals surface area contributed by atoms with Crippen LogP contribution in [0.25, 0.3) is 0 Å². The fourth-order valence-electron chi connectivity index (χ4n) is 0.980. The summed E-state index contributed by atoms with van der Waals surface area (Å²) in [6.07, 6.45) is 0.757. The van der Waals surface area contributed by atoms with Crippen LogP contribution in [0.1, 0.15) is 18.6 Å². The van der Waals surface area contributed by atoms with Crippen LogP contribution in [0.4, 0.5) is 0 Å². The molecule has 0 saturated carbocycles. The van der Waals surface area contributed by atoms with Gasteiger partial charge in [0.1, 0.15) is 13.2 Å². The number of rotatable bonds is 5. The zero-order chi connectivity index (χ0) is 10.6. The molecule has 1 aromatic rings. The third-order valence-electron chi connectivity index (χ3n) is 1.67. The van der Waals surface area contributed by atoms with Gasteiger partial charge in [-0.1, -0.05) is 6.92 Å². The number of aromatic nitrogens is 3. The summed E-state index contributed by atoms with van der Waals surface area (Å²) in [5.74, 6) is 0.396. The van der Waals surface area contributed by atoms with Crippen LogP contribution < -0.4 is 0 Å². The molecular formula is C8H13N3O3. The summed E-state index contributed by atoms with van der Waals surface area (Å²) >= 11 is 0. The monoisotopic (exact) mass is 199 g/mol. The van der Waals surface area contributed by atoms with Crippen LogP contribution in [-0.2, 0) is 29.6 Å². The van der Waals surface area contributed by atoms with E-state index in [9.17, 15) is 4.79 Å². The van der Waals surface area contributed by atoms with Crippen molar-refractivity contribution >= 4 is 5.97 Å². The maximum atomic E-state index is 10.2. The summed E-state index contributed by atoms with van der Waals surface area (Å²) < 4.78 is 6.49. The Morgan fingerprint density at radius 2 is 2.36 bits per heavy atom. The predicted molar refractivity (Wildman–Crippen MR) is 47.7 cm³/mol. The summed E-state index contributed by atoms with van der Waals surface area (Å²) in [7, 11) is 1.76. The molecule has 0 bridgehead atoms. The van der Waals surface area contributed by atoms with Crippen LogP contribution in [0.5, 0.6) is 0 Å². The lowest BCUT2D eigenvalue weighted by Crippen LogP contribution is -2.09. The Balaban J connectivity index is 2.49. The van der Waals surface area contributed by atoms with Crippen molar-refractivity contribution in [1.29, 1.82) is 0 Å². The molecule has 0 fully saturated rings. The number of carboxylic acid groups (broad SMARTS) is 1. The number of aryl methyl sites for hydroxylation is 2. The van der Waals surface area contributed by atoms with E-state index < -0.39 is 5.97 Å². The van der Waals surface area contributed by atoms with Gasteiger partial charge >= 0.3 is 5.97 Å². The molecule has 78 valence electrons. The second-order valence-corrected chi connectivity index (χ2v) is 2.81. The summed E-state index contributed by atoms with van der Waals surface area (Å²) in [5, 5.41) is 12.4. The Labute approximate surface area is 81.5 Å². The highest BCUT2D eigenvalue weighted by Gasteiger charge is 2.06. The van der Waals surface area contributed by atoms with Crippen LogP contribution >= 0.6 is 0 Å². The second-order valence-electron chi connectivity index (χ2n) is 2.81. The van der Waals surface area contributed by atoms with Gasteiger partial charge in [0, 0.05) is 13.5 Å². The van der Waals surface area contributed by atoms with E-state index in [-0.39, 0.29) is 13.2 Å². The van der Waals surface area contributed by atoms with Crippen LogP contribution in [0.15, 0.2) is 0 Å². The first-order chi connectivity index (χ1) is 6.63. The summed E-state index contributed by atoms with van der Waals surface area (Å²) in [6, 6.07) is 0. The quantitative estimate of drug-likeness (QED) is 0.721. The third kappa shape index (κ3) is 2.81. The topological polar surface area (TPSA) is 77.2 Å². The number of carbonyl (C=O) groups is 1. The molecular weight excluding hydrogens is 186 g/mol. The van der Waals surface area contributed by atoms with Gasteiger partial charge in [0.05, 0.1) is 0 Å². The molecule has 6 heteroatoms. The van der Waals surface area contributed by atoms with Crippen molar-refractivity contribution in [2.75, 3.05) is 6.61 Å². The van der Waals surface area contributed by atoms with Gasteiger partial charge in [-0.2, -0.15) is 5.10 Å². The SMILES string of the molecule is CCc1nc(COCC(=O)O)n(C)n1. The Morgan fingerprint density at radius 1 is 1.64 bits per heavy atom. The molecule has 0 aliphatic rings. The standard InChI is InChI=1S/C8H13N3O3/c1-3-6-9-7(11(2)10-6)4-14-5-8(12)13/h3-5H2,1-2H3,(H,12,13). The molecule has 6 nitrogen and oxygen atoms in total. The van der Waals surface area contributed by atoms with E-state index in [4.69, 9.17) is 9.84 Å². The van der Waals surface area contributed by atoms with Crippen molar-refractivity contribution in [3.05, 3.63) is 11.6 Å². The van der Waals surface area contributed by atoms with Crippen molar-refractivity contribution in [3.63, 3.8) is 0 Å². The van der Waals surface area contributed by atoms with Crippen molar-refractivity contribution in [2.45, 2.75) is 20.0 Å². The minimum Gasteiger partial charge on any atom is -0.480 e. The highest BCUT2D eigenvalue weighted by atomic mass is 16.5. The van der Waals surface area contributed by atoms with Crippen molar-refractivity contribution in [3.8, 4) is 0 Å². The lowest BCUT2D eigenvalue weighted by atomic mass is 10.5. The number of nitrogens with zero attached hydrogens (tertiary/aromatic N) is 3.